The van der Waals surface area contributed by atoms with Crippen molar-refractivity contribution < 1.29 is 27.6 Å². The van der Waals surface area contributed by atoms with Crippen molar-refractivity contribution in [1.29, 1.82) is 0 Å². The Kier molecular flexibility index (Phi) is 7.39. The minimum Gasteiger partial charge on any atom is -0.341 e. The molecule has 0 radical (unpaired) electrons. The van der Waals surface area contributed by atoms with Crippen LogP contribution in [0.3, 0.4) is 0 Å². The van der Waals surface area contributed by atoms with E-state index in [1.807, 2.05) is 0 Å². The number of aromatic nitrogens is 1. The van der Waals surface area contributed by atoms with Gasteiger partial charge in [-0.1, -0.05) is 57.2 Å². The molecule has 0 saturated carbocycles. The molecule has 7 nitrogen and oxygen atoms in total. The highest BCUT2D eigenvalue weighted by Gasteiger charge is 2.57. The largest absolute Gasteiger partial charge is 0.416 e. The summed E-state index contributed by atoms with van der Waals surface area (Å²) in [6.45, 7) is 1.07. The molecule has 0 N–H and O–H groups in total. The third kappa shape index (κ3) is 5.05. The first-order valence-electron chi connectivity index (χ1n) is 13.0. The summed E-state index contributed by atoms with van der Waals surface area (Å²) in [7, 11) is 0. The molecule has 2 fully saturated rings. The number of anilines is 1. The normalized spacial score (nSPS) is 22.6. The number of amides is 3. The predicted molar refractivity (Wildman–Crippen MR) is 152 cm³/mol. The van der Waals surface area contributed by atoms with Crippen LogP contribution in [0, 0.1) is 5.92 Å². The molecule has 3 amide bonds. The van der Waals surface area contributed by atoms with E-state index in [-0.39, 0.29) is 23.0 Å². The molecule has 6 rings (SSSR count). The van der Waals surface area contributed by atoms with Crippen LogP contribution in [0.25, 0.3) is 0 Å². The zero-order valence-electron chi connectivity index (χ0n) is 21.4. The van der Waals surface area contributed by atoms with Gasteiger partial charge in [-0.05, 0) is 55.2 Å². The van der Waals surface area contributed by atoms with Crippen LogP contribution < -0.4 is 9.77 Å². The third-order valence-corrected chi connectivity index (χ3v) is 10.8. The molecular formula is C28H23BrF3N3O4S2. The molecule has 3 aliphatic heterocycles. The van der Waals surface area contributed by atoms with E-state index in [0.29, 0.717) is 28.6 Å². The summed E-state index contributed by atoms with van der Waals surface area (Å²) in [5.41, 5.74) is -0.431. The van der Waals surface area contributed by atoms with E-state index in [2.05, 4.69) is 15.9 Å². The molecule has 1 aromatic heterocycles. The number of carbonyl (C=O) groups is 3. The summed E-state index contributed by atoms with van der Waals surface area (Å²) in [6, 6.07) is 11.3. The first-order chi connectivity index (χ1) is 19.5. The van der Waals surface area contributed by atoms with Crippen LogP contribution in [0.15, 0.2) is 62.8 Å². The van der Waals surface area contributed by atoms with Crippen molar-refractivity contribution >= 4 is 62.4 Å². The van der Waals surface area contributed by atoms with Gasteiger partial charge in [0.05, 0.1) is 22.2 Å². The summed E-state index contributed by atoms with van der Waals surface area (Å²) in [5, 5.41) is -0.532. The van der Waals surface area contributed by atoms with Gasteiger partial charge in [0.1, 0.15) is 11.8 Å². The molecule has 2 aromatic carbocycles. The van der Waals surface area contributed by atoms with Crippen LogP contribution in [0.1, 0.15) is 41.2 Å². The molecule has 0 aliphatic carbocycles. The summed E-state index contributed by atoms with van der Waals surface area (Å²) in [4.78, 5) is 56.9. The second-order valence-electron chi connectivity index (χ2n) is 10.2. The van der Waals surface area contributed by atoms with Crippen LogP contribution in [-0.2, 0) is 27.1 Å². The van der Waals surface area contributed by atoms with Gasteiger partial charge in [-0.2, -0.15) is 13.2 Å². The van der Waals surface area contributed by atoms with Gasteiger partial charge in [0.2, 0.25) is 17.7 Å². The summed E-state index contributed by atoms with van der Waals surface area (Å²) >= 11 is 5.39. The van der Waals surface area contributed by atoms with Gasteiger partial charge in [0.25, 0.3) is 0 Å². The molecule has 2 unspecified atom stereocenters. The van der Waals surface area contributed by atoms with Crippen LogP contribution >= 0.6 is 39.0 Å². The fourth-order valence-electron chi connectivity index (χ4n) is 5.74. The predicted octanol–water partition coefficient (Wildman–Crippen LogP) is 5.50. The van der Waals surface area contributed by atoms with Crippen molar-refractivity contribution in [3.8, 4) is 0 Å². The number of hydrogen-bond donors (Lipinski definition) is 0. The Bertz CT molecular complexity index is 1600. The number of hydrogen-bond acceptors (Lipinski definition) is 6. The van der Waals surface area contributed by atoms with E-state index in [9.17, 15) is 32.3 Å². The fourth-order valence-corrected chi connectivity index (χ4v) is 8.78. The maximum Gasteiger partial charge on any atom is 0.416 e. The molecule has 0 bridgehead atoms. The molecule has 0 spiro atoms. The van der Waals surface area contributed by atoms with Crippen LogP contribution in [0.4, 0.5) is 18.9 Å². The number of imide groups is 1. The number of thiazole rings is 1. The van der Waals surface area contributed by atoms with Crippen LogP contribution in [0.5, 0.6) is 0 Å². The van der Waals surface area contributed by atoms with E-state index >= 15 is 0 Å². The van der Waals surface area contributed by atoms with Gasteiger partial charge in [-0.3, -0.25) is 23.7 Å². The smallest absolute Gasteiger partial charge is 0.341 e. The fraction of sp³-hybridized carbons (Fsp3) is 0.357. The lowest BCUT2D eigenvalue weighted by molar-refractivity contribution is -0.137. The van der Waals surface area contributed by atoms with Gasteiger partial charge in [0.15, 0.2) is 0 Å². The quantitative estimate of drug-likeness (QED) is 0.344. The Hall–Kier alpha value is -2.90. The highest BCUT2D eigenvalue weighted by molar-refractivity contribution is 9.10. The van der Waals surface area contributed by atoms with Crippen molar-refractivity contribution in [2.75, 3.05) is 18.0 Å². The summed E-state index contributed by atoms with van der Waals surface area (Å²) < 4.78 is 42.6. The minimum absolute atomic E-state index is 0.152. The van der Waals surface area contributed by atoms with E-state index < -0.39 is 40.6 Å². The highest BCUT2D eigenvalue weighted by atomic mass is 79.9. The first-order valence-corrected chi connectivity index (χ1v) is 15.5. The number of piperidine rings is 1. The van der Waals surface area contributed by atoms with Crippen molar-refractivity contribution in [2.45, 2.75) is 48.2 Å². The lowest BCUT2D eigenvalue weighted by Crippen LogP contribution is -2.39. The van der Waals surface area contributed by atoms with E-state index in [4.69, 9.17) is 0 Å². The van der Waals surface area contributed by atoms with Gasteiger partial charge in [-0.15, -0.1) is 0 Å². The number of benzene rings is 2. The Morgan fingerprint density at radius 1 is 0.976 bits per heavy atom. The summed E-state index contributed by atoms with van der Waals surface area (Å²) in [5.74, 6) is -3.10. The number of nitrogens with zero attached hydrogens (tertiary/aromatic N) is 3. The number of halogens is 4. The molecule has 4 heterocycles. The second kappa shape index (κ2) is 10.7. The maximum atomic E-state index is 13.9. The zero-order valence-corrected chi connectivity index (χ0v) is 24.6. The molecular weight excluding hydrogens is 643 g/mol. The van der Waals surface area contributed by atoms with E-state index in [0.717, 1.165) is 63.9 Å². The first kappa shape index (κ1) is 28.2. The monoisotopic (exact) mass is 665 g/mol. The standard InChI is InChI=1S/C28H23BrF3N3O4S2/c29-17-9-7-15(8-10-17)20-21-22(25(38)35(24(21)37)18-6-4-5-16(13-18)28(30,31)32)40-26-23(20)41-27(39)34(26)14-19(36)33-11-2-1-3-12-33/h4-10,13,20-22H,1-3,11-12,14H2/t20-,21?,22?/m1/s1. The Balaban J connectivity index is 1.43. The molecule has 13 heteroatoms. The number of alkyl halides is 3. The molecule has 41 heavy (non-hydrogen) atoms. The average molecular weight is 667 g/mol. The van der Waals surface area contributed by atoms with E-state index in [1.165, 1.54) is 16.7 Å². The molecule has 2 saturated heterocycles. The van der Waals surface area contributed by atoms with Crippen molar-refractivity contribution in [1.82, 2.24) is 9.47 Å². The lowest BCUT2D eigenvalue weighted by atomic mass is 9.83. The van der Waals surface area contributed by atoms with Crippen LogP contribution in [-0.4, -0.2) is 45.5 Å². The van der Waals surface area contributed by atoms with Gasteiger partial charge in [-0.25, -0.2) is 4.90 Å². The maximum absolute atomic E-state index is 13.9. The van der Waals surface area contributed by atoms with Crippen molar-refractivity contribution in [2.24, 2.45) is 5.92 Å². The van der Waals surface area contributed by atoms with Gasteiger partial charge in [0, 0.05) is 28.4 Å². The second-order valence-corrected chi connectivity index (χ2v) is 13.3. The van der Waals surface area contributed by atoms with Crippen molar-refractivity contribution in [3.05, 3.63) is 78.7 Å². The van der Waals surface area contributed by atoms with Crippen molar-refractivity contribution in [3.63, 3.8) is 0 Å². The number of thioether (sulfide) groups is 1. The van der Waals surface area contributed by atoms with Crippen LogP contribution in [0.2, 0.25) is 0 Å². The number of fused-ring (bicyclic) bond motifs is 2. The topological polar surface area (TPSA) is 79.7 Å². The molecule has 3 aromatic rings. The highest BCUT2D eigenvalue weighted by Crippen LogP contribution is 2.54. The number of rotatable bonds is 4. The summed E-state index contributed by atoms with van der Waals surface area (Å²) in [6.07, 6.45) is -1.81. The average Bonchev–Trinajstić information content (AvgIpc) is 3.39. The van der Waals surface area contributed by atoms with E-state index in [1.54, 1.807) is 29.2 Å². The number of carbonyl (C=O) groups excluding carboxylic acids is 3. The number of likely N-dealkylation sites (tertiary alicyclic amines) is 1. The Morgan fingerprint density at radius 3 is 2.37 bits per heavy atom. The minimum atomic E-state index is -4.65. The molecule has 3 atom stereocenters. The van der Waals surface area contributed by atoms with Gasteiger partial charge < -0.3 is 4.90 Å². The third-order valence-electron chi connectivity index (χ3n) is 7.71. The molecule has 214 valence electrons. The van der Waals surface area contributed by atoms with Gasteiger partial charge >= 0.3 is 11.0 Å². The lowest BCUT2D eigenvalue weighted by Gasteiger charge is -2.31. The zero-order chi connectivity index (χ0) is 29.1. The molecule has 3 aliphatic rings. The Labute approximate surface area is 249 Å². The Morgan fingerprint density at radius 2 is 1.68 bits per heavy atom. The SMILES string of the molecule is O=C(Cn1c2c(sc1=O)[C@H](c1ccc(Br)cc1)C1C(=O)N(c3cccc(C(F)(F)F)c3)C(=O)C1S2)N1CCCCC1.